The van der Waals surface area contributed by atoms with Crippen LogP contribution in [-0.2, 0) is 0 Å². The van der Waals surface area contributed by atoms with Crippen LogP contribution in [0.25, 0.3) is 0 Å². The molecule has 1 N–H and O–H groups in total. The first-order valence-electron chi connectivity index (χ1n) is 5.38. The van der Waals surface area contributed by atoms with Crippen LogP contribution in [0.2, 0.25) is 0 Å². The number of unbranched alkanes of at least 4 members (excludes halogenated alkanes) is 1. The van der Waals surface area contributed by atoms with Gasteiger partial charge in [0.25, 0.3) is 0 Å². The fourth-order valence-electron chi connectivity index (χ4n) is 1.52. The van der Waals surface area contributed by atoms with Gasteiger partial charge in [-0.2, -0.15) is 0 Å². The van der Waals surface area contributed by atoms with Gasteiger partial charge in [0, 0.05) is 0 Å². The summed E-state index contributed by atoms with van der Waals surface area (Å²) in [5, 5.41) is 9.12. The van der Waals surface area contributed by atoms with Gasteiger partial charge < -0.3 is 7.96 Å². The van der Waals surface area contributed by atoms with E-state index >= 15 is 0 Å². The first-order valence-corrected chi connectivity index (χ1v) is 5.38. The van der Waals surface area contributed by atoms with Crippen LogP contribution in [0.15, 0.2) is 0 Å². The summed E-state index contributed by atoms with van der Waals surface area (Å²) in [5.74, 6) is 0.847. The van der Waals surface area contributed by atoms with E-state index in [-0.39, 0.29) is 46.7 Å². The van der Waals surface area contributed by atoms with Crippen molar-refractivity contribution in [3.63, 3.8) is 0 Å². The maximum atomic E-state index is 9.12. The Morgan fingerprint density at radius 2 is 1.77 bits per heavy atom. The zero-order valence-electron chi connectivity index (χ0n) is 11.6. The molecular formula is C11H26CaO. The predicted molar refractivity (Wildman–Crippen MR) is 62.2 cm³/mol. The SMILES string of the molecule is CCCCC(CC)CCC(C)O.[Ca+2].[H-].[H-]. The third-order valence-electron chi connectivity index (χ3n) is 2.54. The molecule has 0 spiro atoms. The van der Waals surface area contributed by atoms with Crippen molar-refractivity contribution in [3.05, 3.63) is 0 Å². The summed E-state index contributed by atoms with van der Waals surface area (Å²) in [6.07, 6.45) is 7.33. The Labute approximate surface area is 116 Å². The third-order valence-corrected chi connectivity index (χ3v) is 2.54. The van der Waals surface area contributed by atoms with Crippen molar-refractivity contribution >= 4 is 37.7 Å². The van der Waals surface area contributed by atoms with Gasteiger partial charge in [0.15, 0.2) is 0 Å². The molecule has 0 aromatic rings. The molecule has 0 aliphatic heterocycles. The summed E-state index contributed by atoms with van der Waals surface area (Å²) < 4.78 is 0. The Morgan fingerprint density at radius 3 is 2.15 bits per heavy atom. The Bertz CT molecular complexity index is 103. The Balaban J connectivity index is -0.000000202. The minimum absolute atomic E-state index is 0. The summed E-state index contributed by atoms with van der Waals surface area (Å²) in [5.41, 5.74) is 0. The first kappa shape index (κ1) is 16.6. The van der Waals surface area contributed by atoms with Gasteiger partial charge in [0.05, 0.1) is 6.10 Å². The van der Waals surface area contributed by atoms with Gasteiger partial charge in [-0.3, -0.25) is 0 Å². The quantitative estimate of drug-likeness (QED) is 0.645. The molecule has 0 aliphatic carbocycles. The molecular weight excluding hydrogens is 188 g/mol. The minimum atomic E-state index is -0.110. The summed E-state index contributed by atoms with van der Waals surface area (Å²) in [7, 11) is 0. The molecule has 0 aromatic carbocycles. The molecule has 2 atom stereocenters. The van der Waals surface area contributed by atoms with Crippen molar-refractivity contribution in [1.82, 2.24) is 0 Å². The maximum Gasteiger partial charge on any atom is 2.00 e. The second-order valence-electron chi connectivity index (χ2n) is 3.84. The van der Waals surface area contributed by atoms with E-state index in [0.717, 1.165) is 12.3 Å². The third kappa shape index (κ3) is 11.1. The van der Waals surface area contributed by atoms with Gasteiger partial charge in [-0.1, -0.05) is 39.5 Å². The van der Waals surface area contributed by atoms with Crippen LogP contribution < -0.4 is 0 Å². The van der Waals surface area contributed by atoms with Crippen LogP contribution in [0, 0.1) is 5.92 Å². The van der Waals surface area contributed by atoms with E-state index in [1.54, 1.807) is 0 Å². The van der Waals surface area contributed by atoms with Crippen molar-refractivity contribution in [2.75, 3.05) is 0 Å². The van der Waals surface area contributed by atoms with E-state index in [4.69, 9.17) is 5.11 Å². The molecule has 0 radical (unpaired) electrons. The van der Waals surface area contributed by atoms with Crippen LogP contribution in [0.4, 0.5) is 0 Å². The summed E-state index contributed by atoms with van der Waals surface area (Å²) in [6, 6.07) is 0. The van der Waals surface area contributed by atoms with Gasteiger partial charge in [0.1, 0.15) is 0 Å². The van der Waals surface area contributed by atoms with Crippen molar-refractivity contribution in [1.29, 1.82) is 0 Å². The Morgan fingerprint density at radius 1 is 1.15 bits per heavy atom. The van der Waals surface area contributed by atoms with Crippen LogP contribution >= 0.6 is 0 Å². The molecule has 0 amide bonds. The van der Waals surface area contributed by atoms with E-state index in [9.17, 15) is 0 Å². The Kier molecular flexibility index (Phi) is 14.5. The molecule has 0 saturated heterocycles. The molecule has 0 aromatic heterocycles. The van der Waals surface area contributed by atoms with E-state index in [2.05, 4.69) is 13.8 Å². The molecule has 13 heavy (non-hydrogen) atoms. The molecule has 0 aliphatic rings. The fraction of sp³-hybridized carbons (Fsp3) is 1.00. The van der Waals surface area contributed by atoms with E-state index in [0.29, 0.717) is 0 Å². The molecule has 78 valence electrons. The van der Waals surface area contributed by atoms with Crippen molar-refractivity contribution in [2.24, 2.45) is 5.92 Å². The molecule has 0 rings (SSSR count). The van der Waals surface area contributed by atoms with Gasteiger partial charge in [-0.25, -0.2) is 0 Å². The first-order chi connectivity index (χ1) is 5.70. The summed E-state index contributed by atoms with van der Waals surface area (Å²) in [4.78, 5) is 0. The van der Waals surface area contributed by atoms with Crippen molar-refractivity contribution < 1.29 is 7.96 Å². The minimum Gasteiger partial charge on any atom is -1.00 e. The van der Waals surface area contributed by atoms with Crippen molar-refractivity contribution in [2.45, 2.75) is 65.4 Å². The molecule has 0 bridgehead atoms. The normalized spacial score (nSPS) is 14.8. The zero-order chi connectivity index (χ0) is 9.40. The summed E-state index contributed by atoms with van der Waals surface area (Å²) in [6.45, 7) is 6.37. The number of hydrogen-bond acceptors (Lipinski definition) is 1. The zero-order valence-corrected chi connectivity index (χ0v) is 11.8. The molecule has 2 unspecified atom stereocenters. The van der Waals surface area contributed by atoms with Gasteiger partial charge in [0.2, 0.25) is 0 Å². The average molecular weight is 214 g/mol. The number of hydrogen-bond donors (Lipinski definition) is 1. The molecule has 0 heterocycles. The van der Waals surface area contributed by atoms with Crippen LogP contribution in [0.1, 0.15) is 62.1 Å². The van der Waals surface area contributed by atoms with Crippen LogP contribution in [-0.4, -0.2) is 48.9 Å². The topological polar surface area (TPSA) is 20.2 Å². The van der Waals surface area contributed by atoms with Crippen LogP contribution in [0.3, 0.4) is 0 Å². The largest absolute Gasteiger partial charge is 2.00 e. The molecule has 0 saturated carbocycles. The van der Waals surface area contributed by atoms with Gasteiger partial charge in [-0.05, 0) is 25.7 Å². The molecule has 2 heteroatoms. The maximum absolute atomic E-state index is 9.12. The number of aliphatic hydroxyl groups excluding tert-OH is 1. The number of rotatable bonds is 7. The fourth-order valence-corrected chi connectivity index (χ4v) is 1.52. The van der Waals surface area contributed by atoms with E-state index < -0.39 is 0 Å². The second-order valence-corrected chi connectivity index (χ2v) is 3.84. The molecule has 0 fully saturated rings. The predicted octanol–water partition coefficient (Wildman–Crippen LogP) is 3.21. The standard InChI is InChI=1S/C11H24O.Ca.2H/c1-4-6-7-11(5-2)9-8-10(3)12;;;/h10-12H,4-9H2,1-3H3;;;/q;+2;2*-1. The van der Waals surface area contributed by atoms with E-state index in [1.165, 1.54) is 32.1 Å². The van der Waals surface area contributed by atoms with Gasteiger partial charge >= 0.3 is 37.7 Å². The second kappa shape index (κ2) is 11.3. The smallest absolute Gasteiger partial charge is 1.00 e. The summed E-state index contributed by atoms with van der Waals surface area (Å²) >= 11 is 0. The monoisotopic (exact) mass is 214 g/mol. The van der Waals surface area contributed by atoms with Gasteiger partial charge in [-0.15, -0.1) is 0 Å². The van der Waals surface area contributed by atoms with Crippen LogP contribution in [0.5, 0.6) is 0 Å². The molecule has 1 nitrogen and oxygen atoms in total. The average Bonchev–Trinajstić information content (AvgIpc) is 2.05. The van der Waals surface area contributed by atoms with E-state index in [1.807, 2.05) is 6.92 Å². The Hall–Kier alpha value is 1.22. The number of aliphatic hydroxyl groups is 1. The van der Waals surface area contributed by atoms with Crippen molar-refractivity contribution in [3.8, 4) is 0 Å².